The highest BCUT2D eigenvalue weighted by molar-refractivity contribution is 7.98. The molecule has 1 rings (SSSR count). The number of carbonyl (C=O) groups is 1. The van der Waals surface area contributed by atoms with Crippen molar-refractivity contribution >= 4 is 17.7 Å². The van der Waals surface area contributed by atoms with Crippen molar-refractivity contribution in [2.75, 3.05) is 19.3 Å². The SMILES string of the molecule is CSc1ccc(C)c(C(=O)NCC(F)(F)CN)c1. The van der Waals surface area contributed by atoms with Gasteiger partial charge in [-0.25, -0.2) is 8.78 Å². The topological polar surface area (TPSA) is 55.1 Å². The van der Waals surface area contributed by atoms with Crippen LogP contribution in [0.5, 0.6) is 0 Å². The summed E-state index contributed by atoms with van der Waals surface area (Å²) >= 11 is 1.49. The van der Waals surface area contributed by atoms with Crippen molar-refractivity contribution in [3.8, 4) is 0 Å². The van der Waals surface area contributed by atoms with E-state index in [-0.39, 0.29) is 0 Å². The molecule has 0 aliphatic carbocycles. The van der Waals surface area contributed by atoms with Crippen LogP contribution in [0, 0.1) is 6.92 Å². The van der Waals surface area contributed by atoms with Gasteiger partial charge >= 0.3 is 0 Å². The van der Waals surface area contributed by atoms with E-state index in [1.54, 1.807) is 19.1 Å². The summed E-state index contributed by atoms with van der Waals surface area (Å²) in [7, 11) is 0. The second-order valence-corrected chi connectivity index (χ2v) is 4.80. The van der Waals surface area contributed by atoms with Crippen LogP contribution in [0.1, 0.15) is 15.9 Å². The predicted octanol–water partition coefficient (Wildman–Crippen LogP) is 2.04. The maximum atomic E-state index is 12.9. The number of nitrogens with one attached hydrogen (secondary N) is 1. The van der Waals surface area contributed by atoms with Crippen LogP contribution in [0.3, 0.4) is 0 Å². The molecule has 0 atom stereocenters. The second kappa shape index (κ2) is 6.15. The fraction of sp³-hybridized carbons (Fsp3) is 0.417. The van der Waals surface area contributed by atoms with E-state index in [0.29, 0.717) is 5.56 Å². The third kappa shape index (κ3) is 3.96. The predicted molar refractivity (Wildman–Crippen MR) is 69.3 cm³/mol. The molecule has 0 bridgehead atoms. The van der Waals surface area contributed by atoms with E-state index in [0.717, 1.165) is 10.5 Å². The monoisotopic (exact) mass is 274 g/mol. The molecule has 1 aromatic carbocycles. The lowest BCUT2D eigenvalue weighted by Crippen LogP contribution is -2.41. The van der Waals surface area contributed by atoms with E-state index in [1.807, 2.05) is 12.3 Å². The Hall–Kier alpha value is -1.14. The zero-order chi connectivity index (χ0) is 13.8. The minimum atomic E-state index is -3.07. The lowest BCUT2D eigenvalue weighted by molar-refractivity contribution is 0.0118. The van der Waals surface area contributed by atoms with Gasteiger partial charge in [-0.2, -0.15) is 0 Å². The van der Waals surface area contributed by atoms with Crippen LogP contribution >= 0.6 is 11.8 Å². The number of halogens is 2. The number of hydrogen-bond acceptors (Lipinski definition) is 3. The molecule has 1 aromatic rings. The van der Waals surface area contributed by atoms with Crippen molar-refractivity contribution in [2.24, 2.45) is 5.73 Å². The smallest absolute Gasteiger partial charge is 0.277 e. The van der Waals surface area contributed by atoms with E-state index in [1.165, 1.54) is 11.8 Å². The minimum absolute atomic E-state index is 0.412. The van der Waals surface area contributed by atoms with Crippen molar-refractivity contribution in [3.05, 3.63) is 29.3 Å². The molecule has 18 heavy (non-hydrogen) atoms. The molecule has 3 nitrogen and oxygen atoms in total. The van der Waals surface area contributed by atoms with Crippen LogP contribution in [-0.4, -0.2) is 31.2 Å². The second-order valence-electron chi connectivity index (χ2n) is 3.92. The van der Waals surface area contributed by atoms with Gasteiger partial charge in [0.2, 0.25) is 0 Å². The summed E-state index contributed by atoms with van der Waals surface area (Å²) in [4.78, 5) is 12.7. The summed E-state index contributed by atoms with van der Waals surface area (Å²) in [6, 6.07) is 5.36. The third-order valence-electron chi connectivity index (χ3n) is 2.50. The summed E-state index contributed by atoms with van der Waals surface area (Å²) in [5.74, 6) is -3.57. The Kier molecular flexibility index (Phi) is 5.10. The highest BCUT2D eigenvalue weighted by Crippen LogP contribution is 2.19. The first-order chi connectivity index (χ1) is 8.39. The standard InChI is InChI=1S/C12H16F2N2OS/c1-8-3-4-9(18-2)5-10(8)11(17)16-7-12(13,14)6-15/h3-5H,6-7,15H2,1-2H3,(H,16,17). The number of carbonyl (C=O) groups excluding carboxylic acids is 1. The molecule has 0 saturated heterocycles. The molecule has 0 radical (unpaired) electrons. The highest BCUT2D eigenvalue weighted by Gasteiger charge is 2.27. The average molecular weight is 274 g/mol. The maximum absolute atomic E-state index is 12.9. The minimum Gasteiger partial charge on any atom is -0.346 e. The summed E-state index contributed by atoms with van der Waals surface area (Å²) in [5, 5.41) is 2.20. The van der Waals surface area contributed by atoms with E-state index < -0.39 is 24.9 Å². The van der Waals surface area contributed by atoms with E-state index in [4.69, 9.17) is 5.73 Å². The molecular formula is C12H16F2N2OS. The number of thioether (sulfide) groups is 1. The molecule has 0 aromatic heterocycles. The quantitative estimate of drug-likeness (QED) is 0.808. The number of benzene rings is 1. The van der Waals surface area contributed by atoms with E-state index >= 15 is 0 Å². The number of amides is 1. The van der Waals surface area contributed by atoms with E-state index in [9.17, 15) is 13.6 Å². The van der Waals surface area contributed by atoms with Gasteiger partial charge in [0, 0.05) is 10.5 Å². The molecule has 0 fully saturated rings. The summed E-state index contributed by atoms with van der Waals surface area (Å²) in [5.41, 5.74) is 6.07. The summed E-state index contributed by atoms with van der Waals surface area (Å²) in [6.07, 6.45) is 1.88. The van der Waals surface area contributed by atoms with Gasteiger partial charge in [0.25, 0.3) is 11.8 Å². The van der Waals surface area contributed by atoms with Gasteiger partial charge in [-0.3, -0.25) is 4.79 Å². The Morgan fingerprint density at radius 1 is 1.50 bits per heavy atom. The Labute approximate surface area is 109 Å². The molecular weight excluding hydrogens is 258 g/mol. The van der Waals surface area contributed by atoms with Gasteiger partial charge in [-0.05, 0) is 30.9 Å². The fourth-order valence-corrected chi connectivity index (χ4v) is 1.79. The van der Waals surface area contributed by atoms with Crippen LogP contribution in [0.2, 0.25) is 0 Å². The van der Waals surface area contributed by atoms with Crippen LogP contribution in [-0.2, 0) is 0 Å². The first-order valence-corrected chi connectivity index (χ1v) is 6.63. The number of hydrogen-bond donors (Lipinski definition) is 2. The maximum Gasteiger partial charge on any atom is 0.277 e. The zero-order valence-corrected chi connectivity index (χ0v) is 11.1. The first-order valence-electron chi connectivity index (χ1n) is 5.40. The van der Waals surface area contributed by atoms with E-state index in [2.05, 4.69) is 5.32 Å². The van der Waals surface area contributed by atoms with Crippen molar-refractivity contribution in [2.45, 2.75) is 17.7 Å². The fourth-order valence-electron chi connectivity index (χ4n) is 1.35. The molecule has 0 saturated carbocycles. The van der Waals surface area contributed by atoms with Gasteiger partial charge in [0.15, 0.2) is 0 Å². The third-order valence-corrected chi connectivity index (χ3v) is 3.22. The molecule has 0 heterocycles. The van der Waals surface area contributed by atoms with Crippen LogP contribution in [0.25, 0.3) is 0 Å². The largest absolute Gasteiger partial charge is 0.346 e. The molecule has 0 aliphatic heterocycles. The normalized spacial score (nSPS) is 11.4. The van der Waals surface area contributed by atoms with Crippen LogP contribution in [0.15, 0.2) is 23.1 Å². The molecule has 0 aliphatic rings. The van der Waals surface area contributed by atoms with Crippen LogP contribution in [0.4, 0.5) is 8.78 Å². The zero-order valence-electron chi connectivity index (χ0n) is 10.3. The first kappa shape index (κ1) is 14.9. The highest BCUT2D eigenvalue weighted by atomic mass is 32.2. The van der Waals surface area contributed by atoms with Gasteiger partial charge in [0.05, 0.1) is 13.1 Å². The van der Waals surface area contributed by atoms with Gasteiger partial charge in [-0.1, -0.05) is 6.07 Å². The molecule has 100 valence electrons. The van der Waals surface area contributed by atoms with Crippen molar-refractivity contribution in [3.63, 3.8) is 0 Å². The molecule has 0 unspecified atom stereocenters. The molecule has 6 heteroatoms. The van der Waals surface area contributed by atoms with Gasteiger partial charge in [-0.15, -0.1) is 11.8 Å². The van der Waals surface area contributed by atoms with Crippen molar-refractivity contribution in [1.29, 1.82) is 0 Å². The Balaban J connectivity index is 2.78. The van der Waals surface area contributed by atoms with Crippen molar-refractivity contribution in [1.82, 2.24) is 5.32 Å². The van der Waals surface area contributed by atoms with Crippen molar-refractivity contribution < 1.29 is 13.6 Å². The van der Waals surface area contributed by atoms with Crippen LogP contribution < -0.4 is 11.1 Å². The Morgan fingerprint density at radius 3 is 2.72 bits per heavy atom. The van der Waals surface area contributed by atoms with Gasteiger partial charge < -0.3 is 11.1 Å². The average Bonchev–Trinajstić information content (AvgIpc) is 2.36. The number of nitrogens with two attached hydrogens (primary N) is 1. The number of rotatable bonds is 5. The number of alkyl halides is 2. The summed E-state index contributed by atoms with van der Waals surface area (Å²) in [6.45, 7) is 0.239. The Bertz CT molecular complexity index is 438. The molecule has 3 N–H and O–H groups in total. The number of aryl methyl sites for hydroxylation is 1. The van der Waals surface area contributed by atoms with Gasteiger partial charge in [0.1, 0.15) is 0 Å². The summed E-state index contributed by atoms with van der Waals surface area (Å²) < 4.78 is 25.9. The lowest BCUT2D eigenvalue weighted by Gasteiger charge is -2.15. The Morgan fingerprint density at radius 2 is 2.17 bits per heavy atom. The molecule has 1 amide bonds. The lowest BCUT2D eigenvalue weighted by atomic mass is 10.1. The molecule has 0 spiro atoms.